The molecule has 0 saturated carbocycles. The molecule has 2 aromatic rings. The first-order valence-corrected chi connectivity index (χ1v) is 11.6. The van der Waals surface area contributed by atoms with Gasteiger partial charge in [0.25, 0.3) is 5.92 Å². The van der Waals surface area contributed by atoms with Crippen LogP contribution >= 0.6 is 11.8 Å². The van der Waals surface area contributed by atoms with Gasteiger partial charge in [-0.05, 0) is 49.8 Å². The minimum absolute atomic E-state index is 0.00965. The number of anilines is 1. The molecule has 7 heteroatoms. The van der Waals surface area contributed by atoms with Crippen LogP contribution in [0.3, 0.4) is 0 Å². The minimum atomic E-state index is -2.87. The molecular formula is C23H28F3N3S. The molecule has 4 rings (SSSR count). The highest BCUT2D eigenvalue weighted by Gasteiger charge is 2.33. The average molecular weight is 436 g/mol. The summed E-state index contributed by atoms with van der Waals surface area (Å²) in [6.07, 6.45) is 7.09. The Bertz CT molecular complexity index is 876. The summed E-state index contributed by atoms with van der Waals surface area (Å²) in [6, 6.07) is 6.33. The number of alkyl halides is 2. The highest BCUT2D eigenvalue weighted by atomic mass is 32.2. The monoisotopic (exact) mass is 435 g/mol. The first-order valence-electron chi connectivity index (χ1n) is 10.7. The number of thioether (sulfide) groups is 1. The molecule has 0 spiro atoms. The number of hydrogen-bond donors (Lipinski definition) is 0. The molecule has 3 nitrogen and oxygen atoms in total. The Balaban J connectivity index is 1.54. The standard InChI is InChI=1S/C23H28F3N3S/c1-22(11-4-14-30-22)12-10-18-20(24)21(28-15-27-18)29-13-3-5-19(29)16-6-8-17(9-7-16)23(2,25)26/h6-9,15,19H,3-5,10-14H2,1-2H3. The lowest BCUT2D eigenvalue weighted by molar-refractivity contribution is 0.0174. The molecule has 2 aliphatic rings. The van der Waals surface area contributed by atoms with Crippen molar-refractivity contribution in [2.24, 2.45) is 0 Å². The summed E-state index contributed by atoms with van der Waals surface area (Å²) < 4.78 is 42.6. The van der Waals surface area contributed by atoms with E-state index in [1.165, 1.54) is 30.6 Å². The maximum absolute atomic E-state index is 15.4. The summed E-state index contributed by atoms with van der Waals surface area (Å²) in [5, 5.41) is 0. The fourth-order valence-corrected chi connectivity index (χ4v) is 5.87. The number of halogens is 3. The highest BCUT2D eigenvalue weighted by molar-refractivity contribution is 8.00. The third-order valence-corrected chi connectivity index (χ3v) is 7.96. The lowest BCUT2D eigenvalue weighted by Crippen LogP contribution is -2.26. The van der Waals surface area contributed by atoms with Crippen molar-refractivity contribution in [3.8, 4) is 0 Å². The van der Waals surface area contributed by atoms with Crippen LogP contribution in [-0.4, -0.2) is 27.0 Å². The summed E-state index contributed by atoms with van der Waals surface area (Å²) in [5.41, 5.74) is 1.37. The van der Waals surface area contributed by atoms with Crippen LogP contribution in [0.4, 0.5) is 19.0 Å². The van der Waals surface area contributed by atoms with E-state index in [2.05, 4.69) is 16.9 Å². The van der Waals surface area contributed by atoms with Gasteiger partial charge in [-0.25, -0.2) is 23.1 Å². The van der Waals surface area contributed by atoms with Crippen molar-refractivity contribution in [3.63, 3.8) is 0 Å². The molecule has 2 saturated heterocycles. The molecule has 2 unspecified atom stereocenters. The number of nitrogens with zero attached hydrogens (tertiary/aromatic N) is 3. The fourth-order valence-electron chi connectivity index (χ4n) is 4.55. The van der Waals surface area contributed by atoms with Crippen LogP contribution in [0.25, 0.3) is 0 Å². The molecule has 2 atom stereocenters. The van der Waals surface area contributed by atoms with Crippen molar-refractivity contribution in [2.75, 3.05) is 17.2 Å². The van der Waals surface area contributed by atoms with Gasteiger partial charge in [-0.3, -0.25) is 0 Å². The van der Waals surface area contributed by atoms with Crippen LogP contribution in [0.5, 0.6) is 0 Å². The predicted molar refractivity (Wildman–Crippen MR) is 116 cm³/mol. The van der Waals surface area contributed by atoms with Crippen molar-refractivity contribution < 1.29 is 13.2 Å². The van der Waals surface area contributed by atoms with Gasteiger partial charge in [-0.2, -0.15) is 11.8 Å². The molecule has 30 heavy (non-hydrogen) atoms. The van der Waals surface area contributed by atoms with Crippen LogP contribution in [0.15, 0.2) is 30.6 Å². The van der Waals surface area contributed by atoms with E-state index in [0.29, 0.717) is 24.5 Å². The molecule has 0 N–H and O–H groups in total. The second-order valence-electron chi connectivity index (χ2n) is 8.72. The average Bonchev–Trinajstić information content (AvgIpc) is 3.36. The summed E-state index contributed by atoms with van der Waals surface area (Å²) >= 11 is 1.97. The van der Waals surface area contributed by atoms with E-state index in [1.54, 1.807) is 12.1 Å². The molecule has 1 aromatic heterocycles. The van der Waals surface area contributed by atoms with Crippen LogP contribution in [0, 0.1) is 5.82 Å². The van der Waals surface area contributed by atoms with E-state index in [-0.39, 0.29) is 22.2 Å². The Hall–Kier alpha value is -1.76. The Morgan fingerprint density at radius 3 is 2.63 bits per heavy atom. The number of benzene rings is 1. The zero-order valence-electron chi connectivity index (χ0n) is 17.5. The number of hydrogen-bond acceptors (Lipinski definition) is 4. The smallest absolute Gasteiger partial charge is 0.270 e. The van der Waals surface area contributed by atoms with Crippen molar-refractivity contribution in [2.45, 2.75) is 69.1 Å². The summed E-state index contributed by atoms with van der Waals surface area (Å²) in [4.78, 5) is 10.5. The Morgan fingerprint density at radius 2 is 1.97 bits per heavy atom. The van der Waals surface area contributed by atoms with E-state index in [0.717, 1.165) is 38.2 Å². The van der Waals surface area contributed by atoms with E-state index in [9.17, 15) is 8.78 Å². The molecular weight excluding hydrogens is 407 g/mol. The highest BCUT2D eigenvalue weighted by Crippen LogP contribution is 2.42. The second kappa shape index (κ2) is 8.40. The van der Waals surface area contributed by atoms with Gasteiger partial charge in [0.2, 0.25) is 0 Å². The van der Waals surface area contributed by atoms with Crippen molar-refractivity contribution in [1.29, 1.82) is 0 Å². The van der Waals surface area contributed by atoms with Gasteiger partial charge in [0.05, 0.1) is 11.7 Å². The van der Waals surface area contributed by atoms with E-state index in [1.807, 2.05) is 16.7 Å². The van der Waals surface area contributed by atoms with Gasteiger partial charge in [0.15, 0.2) is 11.6 Å². The van der Waals surface area contributed by atoms with Gasteiger partial charge in [0.1, 0.15) is 6.33 Å². The Kier molecular flexibility index (Phi) is 6.02. The second-order valence-corrected chi connectivity index (χ2v) is 10.4. The molecule has 0 aliphatic carbocycles. The third kappa shape index (κ3) is 4.46. The van der Waals surface area contributed by atoms with Crippen molar-refractivity contribution in [1.82, 2.24) is 9.97 Å². The first-order chi connectivity index (χ1) is 14.3. The fraction of sp³-hybridized carbons (Fsp3) is 0.565. The van der Waals surface area contributed by atoms with Crippen molar-refractivity contribution in [3.05, 3.63) is 53.2 Å². The zero-order valence-corrected chi connectivity index (χ0v) is 18.3. The topological polar surface area (TPSA) is 29.0 Å². The van der Waals surface area contributed by atoms with E-state index < -0.39 is 5.92 Å². The number of rotatable bonds is 6. The van der Waals surface area contributed by atoms with Gasteiger partial charge in [-0.15, -0.1) is 0 Å². The zero-order chi connectivity index (χ0) is 21.4. The summed E-state index contributed by atoms with van der Waals surface area (Å²) in [6.45, 7) is 3.84. The van der Waals surface area contributed by atoms with Gasteiger partial charge in [0, 0.05) is 23.8 Å². The molecule has 2 aliphatic heterocycles. The Morgan fingerprint density at radius 1 is 1.20 bits per heavy atom. The molecule has 0 amide bonds. The maximum Gasteiger partial charge on any atom is 0.270 e. The lowest BCUT2D eigenvalue weighted by Gasteiger charge is -2.27. The third-order valence-electron chi connectivity index (χ3n) is 6.36. The molecule has 3 heterocycles. The lowest BCUT2D eigenvalue weighted by atomic mass is 9.98. The van der Waals surface area contributed by atoms with Gasteiger partial charge >= 0.3 is 0 Å². The summed E-state index contributed by atoms with van der Waals surface area (Å²) in [7, 11) is 0. The molecule has 162 valence electrons. The molecule has 2 fully saturated rings. The van der Waals surface area contributed by atoms with Gasteiger partial charge < -0.3 is 4.90 Å². The molecule has 1 aromatic carbocycles. The number of aryl methyl sites for hydroxylation is 1. The minimum Gasteiger partial charge on any atom is -0.347 e. The van der Waals surface area contributed by atoms with E-state index in [4.69, 9.17) is 0 Å². The normalized spacial score (nSPS) is 24.6. The van der Waals surface area contributed by atoms with Crippen molar-refractivity contribution >= 4 is 17.6 Å². The Labute approximate surface area is 180 Å². The summed E-state index contributed by atoms with van der Waals surface area (Å²) in [5.74, 6) is -1.70. The van der Waals surface area contributed by atoms with Crippen LogP contribution in [0.2, 0.25) is 0 Å². The molecule has 0 bridgehead atoms. The number of aromatic nitrogens is 2. The van der Waals surface area contributed by atoms with E-state index >= 15 is 4.39 Å². The van der Waals surface area contributed by atoms with Gasteiger partial charge in [-0.1, -0.05) is 31.2 Å². The van der Waals surface area contributed by atoms with Crippen LogP contribution < -0.4 is 4.90 Å². The SMILES string of the molecule is CC1(CCc2ncnc(N3CCCC3c3ccc(C(C)(F)F)cc3)c2F)CCCS1. The predicted octanol–water partition coefficient (Wildman–Crippen LogP) is 6.29. The quantitative estimate of drug-likeness (QED) is 0.533. The first kappa shape index (κ1) is 21.5. The van der Waals surface area contributed by atoms with Crippen LogP contribution in [0.1, 0.15) is 68.8 Å². The van der Waals surface area contributed by atoms with Crippen LogP contribution in [-0.2, 0) is 12.3 Å². The maximum atomic E-state index is 15.4. The largest absolute Gasteiger partial charge is 0.347 e. The molecule has 0 radical (unpaired) electrons.